The number of hydrogen-bond acceptors (Lipinski definition) is 5. The first-order chi connectivity index (χ1) is 11.6. The number of rotatable bonds is 3. The molecule has 3 heterocycles. The monoisotopic (exact) mass is 348 g/mol. The molecule has 3 rings (SSSR count). The molecule has 0 unspecified atom stereocenters. The van der Waals surface area contributed by atoms with Crippen LogP contribution < -0.4 is 10.2 Å². The average Bonchev–Trinajstić information content (AvgIpc) is 3.25. The minimum Gasteiger partial charge on any atom is -0.324 e. The summed E-state index contributed by atoms with van der Waals surface area (Å²) in [6.45, 7) is 1.12. The van der Waals surface area contributed by atoms with Gasteiger partial charge in [-0.2, -0.15) is 0 Å². The summed E-state index contributed by atoms with van der Waals surface area (Å²) in [7, 11) is 3.56. The first kappa shape index (κ1) is 16.4. The fourth-order valence-electron chi connectivity index (χ4n) is 2.80. The van der Waals surface area contributed by atoms with Crippen LogP contribution in [0.25, 0.3) is 0 Å². The van der Waals surface area contributed by atoms with Crippen molar-refractivity contribution in [2.45, 2.75) is 12.8 Å². The SMILES string of the molecule is CN(C(=O)N1CCC(C(=O)Nc2nccs2)CC1)c1nccn1C. The minimum absolute atomic E-state index is 0.0190. The summed E-state index contributed by atoms with van der Waals surface area (Å²) in [5.74, 6) is 0.495. The molecule has 0 bridgehead atoms. The largest absolute Gasteiger partial charge is 0.326 e. The second kappa shape index (κ2) is 7.00. The summed E-state index contributed by atoms with van der Waals surface area (Å²) in [6, 6.07) is -0.0944. The fraction of sp³-hybridized carbons (Fsp3) is 0.467. The van der Waals surface area contributed by atoms with E-state index in [-0.39, 0.29) is 17.9 Å². The van der Waals surface area contributed by atoms with E-state index in [0.717, 1.165) is 0 Å². The summed E-state index contributed by atoms with van der Waals surface area (Å²) in [5.41, 5.74) is 0. The molecule has 0 radical (unpaired) electrons. The molecule has 24 heavy (non-hydrogen) atoms. The predicted octanol–water partition coefficient (Wildman–Crippen LogP) is 1.78. The number of aromatic nitrogens is 3. The maximum Gasteiger partial charge on any atom is 0.326 e. The molecule has 1 aliphatic heterocycles. The van der Waals surface area contributed by atoms with Crippen LogP contribution in [0.15, 0.2) is 24.0 Å². The molecular weight excluding hydrogens is 328 g/mol. The third-order valence-electron chi connectivity index (χ3n) is 4.18. The van der Waals surface area contributed by atoms with E-state index in [4.69, 9.17) is 0 Å². The second-order valence-corrected chi connectivity index (χ2v) is 6.66. The van der Waals surface area contributed by atoms with Crippen LogP contribution in [0, 0.1) is 5.92 Å². The van der Waals surface area contributed by atoms with Crippen LogP contribution in [0.2, 0.25) is 0 Å². The van der Waals surface area contributed by atoms with Crippen molar-refractivity contribution in [3.05, 3.63) is 24.0 Å². The molecular formula is C15H20N6O2S. The third kappa shape index (κ3) is 3.40. The molecule has 0 spiro atoms. The van der Waals surface area contributed by atoms with Crippen LogP contribution in [0.4, 0.5) is 15.9 Å². The molecule has 128 valence electrons. The first-order valence-corrected chi connectivity index (χ1v) is 8.64. The summed E-state index contributed by atoms with van der Waals surface area (Å²) in [4.78, 5) is 36.4. The van der Waals surface area contributed by atoms with Crippen molar-refractivity contribution in [3.63, 3.8) is 0 Å². The summed E-state index contributed by atoms with van der Waals surface area (Å²) < 4.78 is 1.80. The zero-order valence-electron chi connectivity index (χ0n) is 13.7. The van der Waals surface area contributed by atoms with E-state index in [1.54, 1.807) is 35.1 Å². The van der Waals surface area contributed by atoms with Crippen LogP contribution in [0.5, 0.6) is 0 Å². The molecule has 1 N–H and O–H groups in total. The maximum atomic E-state index is 12.6. The van der Waals surface area contributed by atoms with E-state index in [9.17, 15) is 9.59 Å². The Bertz CT molecular complexity index is 705. The molecule has 9 heteroatoms. The van der Waals surface area contributed by atoms with Crippen molar-refractivity contribution in [2.75, 3.05) is 30.4 Å². The molecule has 3 amide bonds. The topological polar surface area (TPSA) is 83.4 Å². The van der Waals surface area contributed by atoms with Crippen molar-refractivity contribution in [1.29, 1.82) is 0 Å². The number of nitrogens with zero attached hydrogens (tertiary/aromatic N) is 5. The number of anilines is 2. The van der Waals surface area contributed by atoms with Crippen molar-refractivity contribution in [3.8, 4) is 0 Å². The van der Waals surface area contributed by atoms with Gasteiger partial charge in [0.2, 0.25) is 11.9 Å². The van der Waals surface area contributed by atoms with Crippen LogP contribution in [0.3, 0.4) is 0 Å². The Balaban J connectivity index is 1.54. The Morgan fingerprint density at radius 1 is 1.29 bits per heavy atom. The number of likely N-dealkylation sites (tertiary alicyclic amines) is 1. The highest BCUT2D eigenvalue weighted by atomic mass is 32.1. The zero-order valence-corrected chi connectivity index (χ0v) is 14.5. The van der Waals surface area contributed by atoms with Gasteiger partial charge in [0.1, 0.15) is 0 Å². The molecule has 1 aliphatic rings. The summed E-state index contributed by atoms with van der Waals surface area (Å²) >= 11 is 1.40. The van der Waals surface area contributed by atoms with Crippen molar-refractivity contribution in [1.82, 2.24) is 19.4 Å². The Hall–Kier alpha value is -2.42. The van der Waals surface area contributed by atoms with Gasteiger partial charge in [-0.25, -0.2) is 14.8 Å². The van der Waals surface area contributed by atoms with Gasteiger partial charge in [0.15, 0.2) is 5.13 Å². The van der Waals surface area contributed by atoms with Gasteiger partial charge < -0.3 is 14.8 Å². The van der Waals surface area contributed by atoms with Gasteiger partial charge >= 0.3 is 6.03 Å². The molecule has 1 fully saturated rings. The van der Waals surface area contributed by atoms with Crippen molar-refractivity contribution >= 4 is 34.4 Å². The molecule has 0 saturated carbocycles. The standard InChI is InChI=1S/C15H20N6O2S/c1-19-9-5-17-14(19)20(2)15(23)21-7-3-11(4-8-21)12(22)18-13-16-6-10-24-13/h5-6,9-11H,3-4,7-8H2,1-2H3,(H,16,18,22). The Morgan fingerprint density at radius 2 is 2.04 bits per heavy atom. The number of carbonyl (C=O) groups is 2. The molecule has 2 aromatic heterocycles. The van der Waals surface area contributed by atoms with E-state index in [2.05, 4.69) is 15.3 Å². The minimum atomic E-state index is -0.0944. The Kier molecular flexibility index (Phi) is 4.79. The van der Waals surface area contributed by atoms with Crippen molar-refractivity contribution in [2.24, 2.45) is 13.0 Å². The van der Waals surface area contributed by atoms with Gasteiger partial charge in [-0.1, -0.05) is 0 Å². The number of thiazole rings is 1. The van der Waals surface area contributed by atoms with Crippen LogP contribution in [-0.2, 0) is 11.8 Å². The quantitative estimate of drug-likeness (QED) is 0.916. The highest BCUT2D eigenvalue weighted by molar-refractivity contribution is 7.13. The number of imidazole rings is 1. The van der Waals surface area contributed by atoms with Gasteiger partial charge in [0, 0.05) is 57.1 Å². The summed E-state index contributed by atoms with van der Waals surface area (Å²) in [6.07, 6.45) is 6.42. The lowest BCUT2D eigenvalue weighted by atomic mass is 9.96. The van der Waals surface area contributed by atoms with Gasteiger partial charge in [-0.05, 0) is 12.8 Å². The van der Waals surface area contributed by atoms with Gasteiger partial charge in [-0.3, -0.25) is 9.69 Å². The van der Waals surface area contributed by atoms with E-state index in [1.165, 1.54) is 16.2 Å². The van der Waals surface area contributed by atoms with Gasteiger partial charge in [-0.15, -0.1) is 11.3 Å². The molecule has 0 aromatic carbocycles. The first-order valence-electron chi connectivity index (χ1n) is 7.76. The predicted molar refractivity (Wildman–Crippen MR) is 92.0 cm³/mol. The van der Waals surface area contributed by atoms with E-state index < -0.39 is 0 Å². The maximum absolute atomic E-state index is 12.6. The van der Waals surface area contributed by atoms with E-state index >= 15 is 0 Å². The number of aryl methyl sites for hydroxylation is 1. The van der Waals surface area contributed by atoms with Crippen LogP contribution in [-0.4, -0.2) is 51.5 Å². The van der Waals surface area contributed by atoms with Crippen LogP contribution in [0.1, 0.15) is 12.8 Å². The average molecular weight is 348 g/mol. The molecule has 0 atom stereocenters. The number of carbonyl (C=O) groups excluding carboxylic acids is 2. The normalized spacial score (nSPS) is 15.3. The number of nitrogens with one attached hydrogen (secondary N) is 1. The van der Waals surface area contributed by atoms with Gasteiger partial charge in [0.05, 0.1) is 0 Å². The highest BCUT2D eigenvalue weighted by Crippen LogP contribution is 2.22. The van der Waals surface area contributed by atoms with E-state index in [1.807, 2.05) is 12.4 Å². The number of amides is 3. The number of piperidine rings is 1. The number of urea groups is 1. The Morgan fingerprint density at radius 3 is 2.62 bits per heavy atom. The smallest absolute Gasteiger partial charge is 0.324 e. The highest BCUT2D eigenvalue weighted by Gasteiger charge is 2.30. The Labute approximate surface area is 144 Å². The molecule has 8 nitrogen and oxygen atoms in total. The summed E-state index contributed by atoms with van der Waals surface area (Å²) in [5, 5.41) is 5.27. The molecule has 0 aliphatic carbocycles. The zero-order chi connectivity index (χ0) is 17.1. The van der Waals surface area contributed by atoms with E-state index in [0.29, 0.717) is 37.0 Å². The third-order valence-corrected chi connectivity index (χ3v) is 4.87. The van der Waals surface area contributed by atoms with Crippen LogP contribution >= 0.6 is 11.3 Å². The fourth-order valence-corrected chi connectivity index (χ4v) is 3.34. The van der Waals surface area contributed by atoms with Crippen molar-refractivity contribution < 1.29 is 9.59 Å². The lowest BCUT2D eigenvalue weighted by Crippen LogP contribution is -2.47. The lowest BCUT2D eigenvalue weighted by Gasteiger charge is -2.33. The molecule has 2 aromatic rings. The lowest BCUT2D eigenvalue weighted by molar-refractivity contribution is -0.121. The number of hydrogen-bond donors (Lipinski definition) is 1. The second-order valence-electron chi connectivity index (χ2n) is 5.77. The van der Waals surface area contributed by atoms with Gasteiger partial charge in [0.25, 0.3) is 0 Å². The molecule has 1 saturated heterocycles.